The fraction of sp³-hybridized carbons (Fsp3) is 0.440. The summed E-state index contributed by atoms with van der Waals surface area (Å²) < 4.78 is 32.7. The highest BCUT2D eigenvalue weighted by molar-refractivity contribution is 7.89. The van der Waals surface area contributed by atoms with E-state index in [-0.39, 0.29) is 35.7 Å². The molecular formula is C25H33N3O5S. The first kappa shape index (κ1) is 25.7. The SMILES string of the molecule is CCCNC(=O)C(NC(=O)c1ccccc1C)C1CCN(S(=O)(=O)c2ccc(OC)cc2)CC1. The van der Waals surface area contributed by atoms with Crippen LogP contribution in [0.25, 0.3) is 0 Å². The molecule has 1 aliphatic rings. The molecule has 0 aliphatic carbocycles. The zero-order chi connectivity index (χ0) is 24.7. The molecule has 2 aromatic carbocycles. The third-order valence-corrected chi connectivity index (χ3v) is 8.09. The molecule has 1 aliphatic heterocycles. The van der Waals surface area contributed by atoms with E-state index in [1.807, 2.05) is 26.0 Å². The van der Waals surface area contributed by atoms with Crippen molar-refractivity contribution in [3.05, 3.63) is 59.7 Å². The van der Waals surface area contributed by atoms with Gasteiger partial charge in [-0.3, -0.25) is 9.59 Å². The second-order valence-electron chi connectivity index (χ2n) is 8.47. The summed E-state index contributed by atoms with van der Waals surface area (Å²) in [5.74, 6) is -0.126. The van der Waals surface area contributed by atoms with Crippen LogP contribution in [-0.4, -0.2) is 57.3 Å². The molecule has 1 unspecified atom stereocenters. The number of nitrogens with zero attached hydrogens (tertiary/aromatic N) is 1. The monoisotopic (exact) mass is 487 g/mol. The average Bonchev–Trinajstić information content (AvgIpc) is 2.86. The predicted molar refractivity (Wildman–Crippen MR) is 130 cm³/mol. The molecule has 1 fully saturated rings. The third-order valence-electron chi connectivity index (χ3n) is 6.18. The van der Waals surface area contributed by atoms with Crippen molar-refractivity contribution in [1.29, 1.82) is 0 Å². The predicted octanol–water partition coefficient (Wildman–Crippen LogP) is 2.73. The fourth-order valence-electron chi connectivity index (χ4n) is 4.15. The zero-order valence-corrected chi connectivity index (χ0v) is 20.7. The summed E-state index contributed by atoms with van der Waals surface area (Å²) in [6, 6.07) is 12.8. The van der Waals surface area contributed by atoms with E-state index in [0.29, 0.717) is 30.7 Å². The molecule has 8 nitrogen and oxygen atoms in total. The highest BCUT2D eigenvalue weighted by Crippen LogP contribution is 2.27. The lowest BCUT2D eigenvalue weighted by Crippen LogP contribution is -2.54. The van der Waals surface area contributed by atoms with Crippen LogP contribution in [0.4, 0.5) is 0 Å². The molecule has 0 radical (unpaired) electrons. The number of piperidine rings is 1. The first-order valence-electron chi connectivity index (χ1n) is 11.6. The smallest absolute Gasteiger partial charge is 0.252 e. The maximum Gasteiger partial charge on any atom is 0.252 e. The van der Waals surface area contributed by atoms with E-state index in [1.165, 1.54) is 23.5 Å². The molecule has 0 aromatic heterocycles. The fourth-order valence-corrected chi connectivity index (χ4v) is 5.62. The number of nitrogens with one attached hydrogen (secondary N) is 2. The summed E-state index contributed by atoms with van der Waals surface area (Å²) in [7, 11) is -2.13. The number of methoxy groups -OCH3 is 1. The number of carbonyl (C=O) groups excluding carboxylic acids is 2. The van der Waals surface area contributed by atoms with Gasteiger partial charge >= 0.3 is 0 Å². The molecule has 0 spiro atoms. The average molecular weight is 488 g/mol. The Balaban J connectivity index is 1.72. The first-order chi connectivity index (χ1) is 16.3. The van der Waals surface area contributed by atoms with E-state index in [2.05, 4.69) is 10.6 Å². The van der Waals surface area contributed by atoms with Gasteiger partial charge in [0.15, 0.2) is 0 Å². The Kier molecular flexibility index (Phi) is 8.68. The van der Waals surface area contributed by atoms with Gasteiger partial charge < -0.3 is 15.4 Å². The number of aryl methyl sites for hydroxylation is 1. The Bertz CT molecular complexity index is 1090. The van der Waals surface area contributed by atoms with E-state index in [4.69, 9.17) is 4.74 Å². The second kappa shape index (κ2) is 11.5. The highest BCUT2D eigenvalue weighted by atomic mass is 32.2. The van der Waals surface area contributed by atoms with Crippen LogP contribution in [-0.2, 0) is 14.8 Å². The van der Waals surface area contributed by atoms with Crippen LogP contribution in [0.3, 0.4) is 0 Å². The molecular weight excluding hydrogens is 454 g/mol. The van der Waals surface area contributed by atoms with Crippen LogP contribution >= 0.6 is 0 Å². The number of hydrogen-bond donors (Lipinski definition) is 2. The molecule has 34 heavy (non-hydrogen) atoms. The molecule has 2 aromatic rings. The normalized spacial score (nSPS) is 16.0. The number of rotatable bonds is 9. The van der Waals surface area contributed by atoms with Crippen molar-refractivity contribution in [2.75, 3.05) is 26.7 Å². The Morgan fingerprint density at radius 2 is 1.74 bits per heavy atom. The van der Waals surface area contributed by atoms with Gasteiger partial charge in [0.1, 0.15) is 11.8 Å². The molecule has 1 saturated heterocycles. The van der Waals surface area contributed by atoms with Crippen molar-refractivity contribution < 1.29 is 22.7 Å². The van der Waals surface area contributed by atoms with Gasteiger partial charge in [0.05, 0.1) is 12.0 Å². The number of ether oxygens (including phenoxy) is 1. The number of hydrogen-bond acceptors (Lipinski definition) is 5. The Morgan fingerprint density at radius 3 is 2.32 bits per heavy atom. The lowest BCUT2D eigenvalue weighted by Gasteiger charge is -2.35. The molecule has 0 saturated carbocycles. The molecule has 9 heteroatoms. The summed E-state index contributed by atoms with van der Waals surface area (Å²) in [6.07, 6.45) is 1.71. The van der Waals surface area contributed by atoms with Gasteiger partial charge in [0, 0.05) is 25.2 Å². The van der Waals surface area contributed by atoms with Gasteiger partial charge in [-0.05, 0) is 68.0 Å². The van der Waals surface area contributed by atoms with Crippen molar-refractivity contribution in [2.45, 2.75) is 44.0 Å². The summed E-state index contributed by atoms with van der Waals surface area (Å²) in [4.78, 5) is 26.1. The minimum absolute atomic E-state index is 0.174. The van der Waals surface area contributed by atoms with Gasteiger partial charge in [-0.2, -0.15) is 4.31 Å². The van der Waals surface area contributed by atoms with E-state index in [0.717, 1.165) is 12.0 Å². The topological polar surface area (TPSA) is 105 Å². The Morgan fingerprint density at radius 1 is 1.09 bits per heavy atom. The molecule has 3 rings (SSSR count). The summed E-state index contributed by atoms with van der Waals surface area (Å²) in [5, 5.41) is 5.80. The van der Waals surface area contributed by atoms with Crippen LogP contribution in [0.5, 0.6) is 5.75 Å². The van der Waals surface area contributed by atoms with Crippen LogP contribution in [0.2, 0.25) is 0 Å². The summed E-state index contributed by atoms with van der Waals surface area (Å²) in [5.41, 5.74) is 1.35. The quantitative estimate of drug-likeness (QED) is 0.566. The molecule has 184 valence electrons. The summed E-state index contributed by atoms with van der Waals surface area (Å²) in [6.45, 7) is 4.88. The van der Waals surface area contributed by atoms with Crippen molar-refractivity contribution in [3.8, 4) is 5.75 Å². The van der Waals surface area contributed by atoms with Crippen molar-refractivity contribution in [3.63, 3.8) is 0 Å². The molecule has 1 heterocycles. The van der Waals surface area contributed by atoms with Gasteiger partial charge in [-0.1, -0.05) is 25.1 Å². The number of amides is 2. The van der Waals surface area contributed by atoms with Gasteiger partial charge in [-0.25, -0.2) is 8.42 Å². The standard InChI is InChI=1S/C25H33N3O5S/c1-4-15-26-25(30)23(27-24(29)22-8-6-5-7-18(22)2)19-13-16-28(17-14-19)34(31,32)21-11-9-20(33-3)10-12-21/h5-12,19,23H,4,13-17H2,1-3H3,(H,26,30)(H,27,29). The maximum atomic E-state index is 13.1. The largest absolute Gasteiger partial charge is 0.497 e. The zero-order valence-electron chi connectivity index (χ0n) is 19.9. The first-order valence-corrected chi connectivity index (χ1v) is 13.0. The van der Waals surface area contributed by atoms with Crippen LogP contribution < -0.4 is 15.4 Å². The summed E-state index contributed by atoms with van der Waals surface area (Å²) >= 11 is 0. The van der Waals surface area contributed by atoms with Gasteiger partial charge in [-0.15, -0.1) is 0 Å². The van der Waals surface area contributed by atoms with Crippen molar-refractivity contribution >= 4 is 21.8 Å². The van der Waals surface area contributed by atoms with Gasteiger partial charge in [0.25, 0.3) is 5.91 Å². The molecule has 2 N–H and O–H groups in total. The Hall–Kier alpha value is -2.91. The lowest BCUT2D eigenvalue weighted by molar-refractivity contribution is -0.124. The van der Waals surface area contributed by atoms with Crippen LogP contribution in [0, 0.1) is 12.8 Å². The Labute approximate surface area is 201 Å². The molecule has 1 atom stereocenters. The van der Waals surface area contributed by atoms with Crippen molar-refractivity contribution in [1.82, 2.24) is 14.9 Å². The lowest BCUT2D eigenvalue weighted by atomic mass is 9.89. The minimum Gasteiger partial charge on any atom is -0.497 e. The van der Waals surface area contributed by atoms with E-state index >= 15 is 0 Å². The van der Waals surface area contributed by atoms with Crippen molar-refractivity contribution in [2.24, 2.45) is 5.92 Å². The van der Waals surface area contributed by atoms with E-state index in [1.54, 1.807) is 24.3 Å². The van der Waals surface area contributed by atoms with Gasteiger partial charge in [0.2, 0.25) is 15.9 Å². The number of benzene rings is 2. The van der Waals surface area contributed by atoms with E-state index < -0.39 is 16.1 Å². The number of sulfonamides is 1. The van der Waals surface area contributed by atoms with Crippen LogP contribution in [0.15, 0.2) is 53.4 Å². The highest BCUT2D eigenvalue weighted by Gasteiger charge is 2.36. The van der Waals surface area contributed by atoms with E-state index in [9.17, 15) is 18.0 Å². The molecule has 0 bridgehead atoms. The minimum atomic E-state index is -3.65. The third kappa shape index (κ3) is 5.95. The maximum absolute atomic E-state index is 13.1. The number of carbonyl (C=O) groups is 2. The van der Waals surface area contributed by atoms with Crippen LogP contribution in [0.1, 0.15) is 42.1 Å². The molecule has 2 amide bonds. The second-order valence-corrected chi connectivity index (χ2v) is 10.4.